The van der Waals surface area contributed by atoms with Gasteiger partial charge in [-0.1, -0.05) is 48.2 Å². The van der Waals surface area contributed by atoms with Crippen molar-refractivity contribution >= 4 is 29.0 Å². The number of para-hydroxylation sites is 2. The van der Waals surface area contributed by atoms with Crippen LogP contribution in [-0.4, -0.2) is 21.1 Å². The van der Waals surface area contributed by atoms with Crippen LogP contribution in [0.15, 0.2) is 70.6 Å². The molecule has 3 aromatic rings. The number of carbonyl (C=O) groups excluding carboxylic acids is 1. The summed E-state index contributed by atoms with van der Waals surface area (Å²) in [6.07, 6.45) is 2.58. The van der Waals surface area contributed by atoms with Crippen molar-refractivity contribution < 1.29 is 4.79 Å². The molecule has 5 nitrogen and oxygen atoms in total. The Bertz CT molecular complexity index is 995. The zero-order valence-electron chi connectivity index (χ0n) is 15.6. The minimum absolute atomic E-state index is 0.0643. The van der Waals surface area contributed by atoms with Crippen molar-refractivity contribution in [2.75, 3.05) is 4.90 Å². The maximum Gasteiger partial charge on any atom is 0.254 e. The number of aromatic amines is 1. The first kappa shape index (κ1) is 18.5. The fraction of sp³-hybridized carbons (Fsp3) is 0.227. The Morgan fingerprint density at radius 2 is 1.64 bits per heavy atom. The highest BCUT2D eigenvalue weighted by Crippen LogP contribution is 2.30. The minimum atomic E-state index is -0.414. The summed E-state index contributed by atoms with van der Waals surface area (Å²) in [5.41, 5.74) is 3.20. The molecule has 1 amide bonds. The molecule has 0 saturated carbocycles. The summed E-state index contributed by atoms with van der Waals surface area (Å²) in [6, 6.07) is 19.2. The Balaban J connectivity index is 1.62. The number of fused-ring (bicyclic) bond motifs is 1. The van der Waals surface area contributed by atoms with Gasteiger partial charge >= 0.3 is 0 Å². The van der Waals surface area contributed by atoms with Gasteiger partial charge in [-0.25, -0.2) is 4.98 Å². The molecule has 28 heavy (non-hydrogen) atoms. The van der Waals surface area contributed by atoms with Gasteiger partial charge in [0.05, 0.1) is 10.9 Å². The smallest absolute Gasteiger partial charge is 0.254 e. The Hall–Kier alpha value is -2.86. The third-order valence-corrected chi connectivity index (χ3v) is 5.78. The van der Waals surface area contributed by atoms with Gasteiger partial charge in [-0.2, -0.15) is 0 Å². The lowest BCUT2D eigenvalue weighted by Crippen LogP contribution is -2.33. The van der Waals surface area contributed by atoms with Gasteiger partial charge in [0.2, 0.25) is 5.91 Å². The van der Waals surface area contributed by atoms with Gasteiger partial charge in [0.15, 0.2) is 5.16 Å². The third-order valence-electron chi connectivity index (χ3n) is 4.81. The molecule has 1 N–H and O–H groups in total. The van der Waals surface area contributed by atoms with Crippen LogP contribution in [0, 0.1) is 0 Å². The highest BCUT2D eigenvalue weighted by atomic mass is 32.2. The first-order chi connectivity index (χ1) is 13.6. The molecule has 6 heteroatoms. The molecule has 1 atom stereocenters. The molecule has 0 fully saturated rings. The third kappa shape index (κ3) is 3.73. The van der Waals surface area contributed by atoms with E-state index in [9.17, 15) is 9.59 Å². The molecule has 4 rings (SSSR count). The largest absolute Gasteiger partial charge is 0.301 e. The fourth-order valence-electron chi connectivity index (χ4n) is 3.43. The van der Waals surface area contributed by atoms with E-state index in [0.717, 1.165) is 41.9 Å². The molecule has 2 aromatic carbocycles. The van der Waals surface area contributed by atoms with Gasteiger partial charge in [0.1, 0.15) is 0 Å². The highest BCUT2D eigenvalue weighted by Gasteiger charge is 2.26. The van der Waals surface area contributed by atoms with Crippen LogP contribution in [-0.2, 0) is 17.6 Å². The van der Waals surface area contributed by atoms with Crippen molar-refractivity contribution in [3.63, 3.8) is 0 Å². The van der Waals surface area contributed by atoms with E-state index in [0.29, 0.717) is 5.16 Å². The molecule has 0 bridgehead atoms. The van der Waals surface area contributed by atoms with Crippen LogP contribution in [0.1, 0.15) is 24.6 Å². The topological polar surface area (TPSA) is 66.1 Å². The Morgan fingerprint density at radius 1 is 1.04 bits per heavy atom. The first-order valence-corrected chi connectivity index (χ1v) is 10.2. The molecular weight excluding hydrogens is 370 g/mol. The standard InChI is InChI=1S/C22H21N3O2S/c1-15(28-22-23-19-14-8-13-18(19)20(26)24-22)21(27)25(16-9-4-2-5-10-16)17-11-6-3-7-12-17/h2-7,9-12,15H,8,13-14H2,1H3,(H,23,24,26). The maximum atomic E-state index is 13.4. The average Bonchev–Trinajstić information content (AvgIpc) is 3.19. The molecule has 0 spiro atoms. The van der Waals surface area contributed by atoms with E-state index in [4.69, 9.17) is 0 Å². The van der Waals surface area contributed by atoms with E-state index in [1.807, 2.05) is 67.6 Å². The Morgan fingerprint density at radius 3 is 2.25 bits per heavy atom. The second-order valence-corrected chi connectivity index (χ2v) is 8.08. The summed E-state index contributed by atoms with van der Waals surface area (Å²) in [5, 5.41) is 0.0931. The number of carbonyl (C=O) groups is 1. The van der Waals surface area contributed by atoms with Crippen molar-refractivity contribution in [2.45, 2.75) is 36.6 Å². The summed E-state index contributed by atoms with van der Waals surface area (Å²) >= 11 is 1.29. The van der Waals surface area contributed by atoms with E-state index < -0.39 is 5.25 Å². The molecule has 1 heterocycles. The van der Waals surface area contributed by atoms with Crippen molar-refractivity contribution in [2.24, 2.45) is 0 Å². The maximum absolute atomic E-state index is 13.4. The van der Waals surface area contributed by atoms with Crippen molar-refractivity contribution in [3.05, 3.63) is 82.3 Å². The van der Waals surface area contributed by atoms with E-state index in [-0.39, 0.29) is 11.5 Å². The lowest BCUT2D eigenvalue weighted by atomic mass is 10.2. The van der Waals surface area contributed by atoms with Crippen LogP contribution in [0.5, 0.6) is 0 Å². The molecule has 0 saturated heterocycles. The number of thioether (sulfide) groups is 1. The van der Waals surface area contributed by atoms with Crippen LogP contribution >= 0.6 is 11.8 Å². The van der Waals surface area contributed by atoms with E-state index in [1.54, 1.807) is 4.90 Å². The predicted molar refractivity (Wildman–Crippen MR) is 112 cm³/mol. The van der Waals surface area contributed by atoms with Crippen LogP contribution in [0.2, 0.25) is 0 Å². The molecule has 1 aromatic heterocycles. The number of hydrogen-bond donors (Lipinski definition) is 1. The summed E-state index contributed by atoms with van der Waals surface area (Å²) in [6.45, 7) is 1.85. The summed E-state index contributed by atoms with van der Waals surface area (Å²) in [7, 11) is 0. The summed E-state index contributed by atoms with van der Waals surface area (Å²) in [4.78, 5) is 34.7. The number of aromatic nitrogens is 2. The van der Waals surface area contributed by atoms with Crippen molar-refractivity contribution in [1.82, 2.24) is 9.97 Å². The van der Waals surface area contributed by atoms with Crippen LogP contribution in [0.3, 0.4) is 0 Å². The van der Waals surface area contributed by atoms with Crippen LogP contribution in [0.25, 0.3) is 0 Å². The number of H-pyrrole nitrogens is 1. The number of rotatable bonds is 5. The number of nitrogens with one attached hydrogen (secondary N) is 1. The monoisotopic (exact) mass is 391 g/mol. The van der Waals surface area contributed by atoms with Gasteiger partial charge in [-0.05, 0) is 50.5 Å². The van der Waals surface area contributed by atoms with Gasteiger partial charge in [-0.15, -0.1) is 0 Å². The lowest BCUT2D eigenvalue weighted by molar-refractivity contribution is -0.117. The first-order valence-electron chi connectivity index (χ1n) is 9.36. The van der Waals surface area contributed by atoms with Crippen molar-refractivity contribution in [3.8, 4) is 0 Å². The second-order valence-electron chi connectivity index (χ2n) is 6.75. The quantitative estimate of drug-likeness (QED) is 0.525. The number of amides is 1. The second kappa shape index (κ2) is 8.02. The summed E-state index contributed by atoms with van der Waals surface area (Å²) in [5.74, 6) is -0.0643. The zero-order valence-corrected chi connectivity index (χ0v) is 16.4. The minimum Gasteiger partial charge on any atom is -0.301 e. The average molecular weight is 391 g/mol. The number of benzene rings is 2. The van der Waals surface area contributed by atoms with Gasteiger partial charge < -0.3 is 4.98 Å². The normalized spacial score (nSPS) is 13.8. The van der Waals surface area contributed by atoms with E-state index in [1.165, 1.54) is 11.8 Å². The number of hydrogen-bond acceptors (Lipinski definition) is 4. The Kier molecular flexibility index (Phi) is 5.30. The highest BCUT2D eigenvalue weighted by molar-refractivity contribution is 8.00. The predicted octanol–water partition coefficient (Wildman–Crippen LogP) is 4.10. The Labute approximate surface area is 167 Å². The van der Waals surface area contributed by atoms with E-state index in [2.05, 4.69) is 9.97 Å². The SMILES string of the molecule is CC(Sc1nc2c(c(=O)[nH]1)CCC2)C(=O)N(c1ccccc1)c1ccccc1. The van der Waals surface area contributed by atoms with Crippen molar-refractivity contribution in [1.29, 1.82) is 0 Å². The van der Waals surface area contributed by atoms with Gasteiger partial charge in [0.25, 0.3) is 5.56 Å². The molecular formula is C22H21N3O2S. The van der Waals surface area contributed by atoms with Crippen LogP contribution < -0.4 is 10.5 Å². The fourth-order valence-corrected chi connectivity index (χ4v) is 4.29. The molecule has 1 aliphatic rings. The zero-order chi connectivity index (χ0) is 19.5. The molecule has 0 radical (unpaired) electrons. The molecule has 1 unspecified atom stereocenters. The molecule has 1 aliphatic carbocycles. The number of nitrogens with zero attached hydrogens (tertiary/aromatic N) is 2. The molecule has 142 valence electrons. The lowest BCUT2D eigenvalue weighted by Gasteiger charge is -2.25. The summed E-state index contributed by atoms with van der Waals surface area (Å²) < 4.78 is 0. The number of aryl methyl sites for hydroxylation is 1. The van der Waals surface area contributed by atoms with Crippen LogP contribution in [0.4, 0.5) is 11.4 Å². The van der Waals surface area contributed by atoms with Gasteiger partial charge in [-0.3, -0.25) is 14.5 Å². The molecule has 0 aliphatic heterocycles. The van der Waals surface area contributed by atoms with Gasteiger partial charge in [0, 0.05) is 16.9 Å². The number of anilines is 2. The van der Waals surface area contributed by atoms with E-state index >= 15 is 0 Å².